The Morgan fingerprint density at radius 2 is 1.84 bits per heavy atom. The summed E-state index contributed by atoms with van der Waals surface area (Å²) in [5, 5.41) is 9.97. The average molecular weight is 345 g/mol. The number of carbonyl (C=O) groups excluding carboxylic acids is 1. The number of likely N-dealkylation sites (N-methyl/N-ethyl adjacent to an activating group) is 1. The summed E-state index contributed by atoms with van der Waals surface area (Å²) in [6.45, 7) is 1.94. The minimum Gasteiger partial charge on any atom is -0.368 e. The zero-order chi connectivity index (χ0) is 17.9. The van der Waals surface area contributed by atoms with Gasteiger partial charge in [0.15, 0.2) is 0 Å². The largest absolute Gasteiger partial charge is 0.368 e. The monoisotopic (exact) mass is 345 g/mol. The molecular weight excluding hydrogens is 322 g/mol. The second-order valence-corrected chi connectivity index (χ2v) is 7.12. The maximum Gasteiger partial charge on any atom is 0.331 e. The van der Waals surface area contributed by atoms with Crippen LogP contribution in [0.3, 0.4) is 0 Å². The number of hydrogen-bond acceptors (Lipinski definition) is 5. The molecule has 134 valence electrons. The first-order valence-corrected chi connectivity index (χ1v) is 8.53. The van der Waals surface area contributed by atoms with Gasteiger partial charge in [-0.3, -0.25) is 18.8 Å². The number of fused-ring (bicyclic) bond motifs is 3. The molecule has 0 spiro atoms. The van der Waals surface area contributed by atoms with E-state index >= 15 is 0 Å². The van der Waals surface area contributed by atoms with Crippen LogP contribution in [0.1, 0.15) is 19.1 Å². The molecule has 0 saturated carbocycles. The fourth-order valence-electron chi connectivity index (χ4n) is 4.24. The molecule has 3 N–H and O–H groups in total. The van der Waals surface area contributed by atoms with E-state index in [1.807, 2.05) is 12.1 Å². The maximum absolute atomic E-state index is 12.4. The zero-order valence-electron chi connectivity index (χ0n) is 14.4. The van der Waals surface area contributed by atoms with Crippen LogP contribution in [0.25, 0.3) is 11.0 Å². The number of hydrogen-bond donors (Lipinski definition) is 2. The van der Waals surface area contributed by atoms with E-state index in [2.05, 4.69) is 16.8 Å². The van der Waals surface area contributed by atoms with E-state index in [4.69, 9.17) is 5.73 Å². The van der Waals surface area contributed by atoms with E-state index < -0.39 is 17.8 Å². The van der Waals surface area contributed by atoms with Gasteiger partial charge in [0.05, 0.1) is 11.0 Å². The lowest BCUT2D eigenvalue weighted by molar-refractivity contribution is -0.130. The molecule has 0 radical (unpaired) electrons. The minimum absolute atomic E-state index is 0.461. The highest BCUT2D eigenvalue weighted by Crippen LogP contribution is 2.32. The topological polar surface area (TPSA) is 96.7 Å². The van der Waals surface area contributed by atoms with E-state index in [1.54, 1.807) is 13.1 Å². The fourth-order valence-corrected chi connectivity index (χ4v) is 4.24. The van der Waals surface area contributed by atoms with Crippen molar-refractivity contribution in [2.75, 3.05) is 25.0 Å². The van der Waals surface area contributed by atoms with Crippen molar-refractivity contribution in [3.05, 3.63) is 28.7 Å². The summed E-state index contributed by atoms with van der Waals surface area (Å²) in [5.41, 5.74) is 6.93. The molecular formula is C17H23N5O3. The van der Waals surface area contributed by atoms with E-state index in [0.29, 0.717) is 23.1 Å². The third-order valence-electron chi connectivity index (χ3n) is 5.78. The van der Waals surface area contributed by atoms with Crippen LogP contribution in [0, 0.1) is 0 Å². The van der Waals surface area contributed by atoms with Crippen LogP contribution in [0.15, 0.2) is 23.0 Å². The third kappa shape index (κ3) is 2.36. The molecule has 2 fully saturated rings. The highest BCUT2D eigenvalue weighted by molar-refractivity contribution is 5.84. The Morgan fingerprint density at radius 3 is 2.44 bits per heavy atom. The summed E-state index contributed by atoms with van der Waals surface area (Å²) >= 11 is 0. The van der Waals surface area contributed by atoms with Crippen molar-refractivity contribution in [2.45, 2.75) is 31.2 Å². The first-order valence-electron chi connectivity index (χ1n) is 8.53. The number of amides is 1. The molecule has 8 heteroatoms. The van der Waals surface area contributed by atoms with Gasteiger partial charge in [0.2, 0.25) is 6.23 Å². The number of nitrogens with two attached hydrogens (primary N) is 1. The van der Waals surface area contributed by atoms with Crippen molar-refractivity contribution in [2.24, 2.45) is 12.8 Å². The SMILES string of the molecule is CN1C2CCC1CN(c1ccc3c(c1)n(C)c(=O)n3C(O)C(N)=O)C2. The number of aryl methyl sites for hydroxylation is 1. The summed E-state index contributed by atoms with van der Waals surface area (Å²) in [5.74, 6) is -0.950. The summed E-state index contributed by atoms with van der Waals surface area (Å²) in [6.07, 6.45) is 0.778. The van der Waals surface area contributed by atoms with Crippen LogP contribution in [-0.2, 0) is 11.8 Å². The molecule has 1 aromatic heterocycles. The molecule has 3 heterocycles. The summed E-state index contributed by atoms with van der Waals surface area (Å²) in [7, 11) is 3.82. The van der Waals surface area contributed by atoms with E-state index in [-0.39, 0.29) is 0 Å². The summed E-state index contributed by atoms with van der Waals surface area (Å²) < 4.78 is 2.48. The lowest BCUT2D eigenvalue weighted by Crippen LogP contribution is -2.52. The van der Waals surface area contributed by atoms with Crippen LogP contribution >= 0.6 is 0 Å². The van der Waals surface area contributed by atoms with Crippen molar-refractivity contribution in [1.82, 2.24) is 14.0 Å². The highest BCUT2D eigenvalue weighted by atomic mass is 16.3. The van der Waals surface area contributed by atoms with E-state index in [1.165, 1.54) is 17.4 Å². The van der Waals surface area contributed by atoms with Crippen molar-refractivity contribution < 1.29 is 9.90 Å². The molecule has 1 amide bonds. The van der Waals surface area contributed by atoms with Gasteiger partial charge >= 0.3 is 5.69 Å². The minimum atomic E-state index is -1.67. The average Bonchev–Trinajstić information content (AvgIpc) is 2.94. The molecule has 2 bridgehead atoms. The van der Waals surface area contributed by atoms with Gasteiger partial charge in [-0.15, -0.1) is 0 Å². The van der Waals surface area contributed by atoms with Crippen LogP contribution < -0.4 is 16.3 Å². The Bertz CT molecular complexity index is 888. The molecule has 25 heavy (non-hydrogen) atoms. The predicted molar refractivity (Wildman–Crippen MR) is 94.4 cm³/mol. The Balaban J connectivity index is 1.76. The number of piperazine rings is 1. The molecule has 2 saturated heterocycles. The molecule has 2 aliphatic rings. The summed E-state index contributed by atoms with van der Waals surface area (Å²) in [4.78, 5) is 28.6. The van der Waals surface area contributed by atoms with Crippen LogP contribution in [0.4, 0.5) is 5.69 Å². The molecule has 4 rings (SSSR count). The molecule has 3 unspecified atom stereocenters. The number of aliphatic hydroxyl groups excluding tert-OH is 1. The molecule has 8 nitrogen and oxygen atoms in total. The third-order valence-corrected chi connectivity index (χ3v) is 5.78. The Hall–Kier alpha value is -2.32. The number of nitrogens with zero attached hydrogens (tertiary/aromatic N) is 4. The molecule has 0 aliphatic carbocycles. The smallest absolute Gasteiger partial charge is 0.331 e. The normalized spacial score (nSPS) is 24.8. The Kier molecular flexibility index (Phi) is 3.62. The van der Waals surface area contributed by atoms with Crippen molar-refractivity contribution in [3.8, 4) is 0 Å². The quantitative estimate of drug-likeness (QED) is 0.789. The zero-order valence-corrected chi connectivity index (χ0v) is 14.4. The highest BCUT2D eigenvalue weighted by Gasteiger charge is 2.37. The number of aromatic nitrogens is 2. The molecule has 2 aromatic rings. The van der Waals surface area contributed by atoms with Crippen molar-refractivity contribution in [1.29, 1.82) is 0 Å². The van der Waals surface area contributed by atoms with Gasteiger partial charge < -0.3 is 15.7 Å². The number of carbonyl (C=O) groups is 1. The number of rotatable bonds is 3. The van der Waals surface area contributed by atoms with Crippen molar-refractivity contribution >= 4 is 22.6 Å². The standard InChI is InChI=1S/C17H23N5O3/c1-19-11-3-4-12(19)9-21(8-11)10-5-6-13-14(7-10)20(2)17(25)22(13)16(24)15(18)23/h5-7,11-12,16,24H,3-4,8-9H2,1-2H3,(H2,18,23). The Morgan fingerprint density at radius 1 is 1.20 bits per heavy atom. The number of primary amides is 1. The second-order valence-electron chi connectivity index (χ2n) is 7.12. The van der Waals surface area contributed by atoms with Gasteiger partial charge in [-0.05, 0) is 38.1 Å². The lowest BCUT2D eigenvalue weighted by atomic mass is 10.1. The predicted octanol–water partition coefficient (Wildman–Crippen LogP) is -0.401. The first-order chi connectivity index (χ1) is 11.9. The molecule has 1 aromatic carbocycles. The second kappa shape index (κ2) is 5.60. The Labute approximate surface area is 145 Å². The van der Waals surface area contributed by atoms with Gasteiger partial charge in [-0.25, -0.2) is 4.79 Å². The number of aliphatic hydroxyl groups is 1. The van der Waals surface area contributed by atoms with Gasteiger partial charge in [0, 0.05) is 37.9 Å². The van der Waals surface area contributed by atoms with E-state index in [0.717, 1.165) is 23.3 Å². The summed E-state index contributed by atoms with van der Waals surface area (Å²) in [6, 6.07) is 6.81. The molecule has 3 atom stereocenters. The van der Waals surface area contributed by atoms with Crippen LogP contribution in [0.2, 0.25) is 0 Å². The van der Waals surface area contributed by atoms with Gasteiger partial charge in [-0.2, -0.15) is 0 Å². The molecule has 2 aliphatic heterocycles. The van der Waals surface area contributed by atoms with Gasteiger partial charge in [0.1, 0.15) is 0 Å². The fraction of sp³-hybridized carbons (Fsp3) is 0.529. The first kappa shape index (κ1) is 16.2. The maximum atomic E-state index is 12.4. The number of benzene rings is 1. The van der Waals surface area contributed by atoms with E-state index in [9.17, 15) is 14.7 Å². The van der Waals surface area contributed by atoms with Crippen LogP contribution in [-0.4, -0.2) is 57.3 Å². The van der Waals surface area contributed by atoms with Crippen molar-refractivity contribution in [3.63, 3.8) is 0 Å². The van der Waals surface area contributed by atoms with Gasteiger partial charge in [-0.1, -0.05) is 0 Å². The number of anilines is 1. The number of imidazole rings is 1. The van der Waals surface area contributed by atoms with Crippen LogP contribution in [0.5, 0.6) is 0 Å². The lowest BCUT2D eigenvalue weighted by Gasteiger charge is -2.40. The van der Waals surface area contributed by atoms with Gasteiger partial charge in [0.25, 0.3) is 5.91 Å².